The van der Waals surface area contributed by atoms with Gasteiger partial charge in [0.2, 0.25) is 0 Å². The monoisotopic (exact) mass is 1010 g/mol. The van der Waals surface area contributed by atoms with Crippen molar-refractivity contribution in [2.75, 3.05) is 13.2 Å². The highest BCUT2D eigenvalue weighted by Crippen LogP contribution is 2.14. The standard InChI is InChI=1S/C67H110O6/c1-4-7-10-13-16-19-22-25-28-31-33-36-39-42-45-48-51-54-57-60-66(69)72-63-64(62-71-65(68)59-56-53-50-47-44-41-38-35-30-27-24-21-18-15-12-9-6-3)73-67(70)61-58-55-52-49-46-43-40-37-34-32-29-26-23-20-17-14-11-8-5-2/h7-8,10-11,16-21,25-30,33-34,36-37,64H,4-6,9,12-15,22-24,31-32,35,38-63H2,1-3H3/b10-7-,11-8-,19-16-,20-17-,21-18-,28-25-,29-26-,30-27-,36-33-,37-34-. The van der Waals surface area contributed by atoms with Gasteiger partial charge < -0.3 is 14.2 Å². The zero-order valence-electron chi connectivity index (χ0n) is 47.4. The van der Waals surface area contributed by atoms with E-state index in [4.69, 9.17) is 14.2 Å². The maximum atomic E-state index is 12.9. The van der Waals surface area contributed by atoms with Crippen LogP contribution in [0.3, 0.4) is 0 Å². The van der Waals surface area contributed by atoms with Crippen molar-refractivity contribution in [1.82, 2.24) is 0 Å². The third-order valence-corrected chi connectivity index (χ3v) is 12.4. The van der Waals surface area contributed by atoms with Crippen LogP contribution in [0.4, 0.5) is 0 Å². The largest absolute Gasteiger partial charge is 0.462 e. The Balaban J connectivity index is 4.47. The number of unbranched alkanes of at least 4 members (excludes halogenated alkanes) is 22. The van der Waals surface area contributed by atoms with Crippen molar-refractivity contribution in [3.63, 3.8) is 0 Å². The Bertz CT molecular complexity index is 1540. The molecule has 0 amide bonds. The van der Waals surface area contributed by atoms with Crippen LogP contribution in [0.5, 0.6) is 0 Å². The summed E-state index contributed by atoms with van der Waals surface area (Å²) in [4.78, 5) is 38.3. The number of hydrogen-bond donors (Lipinski definition) is 0. The number of rotatable bonds is 53. The molecule has 0 aromatic carbocycles. The van der Waals surface area contributed by atoms with Crippen molar-refractivity contribution in [3.05, 3.63) is 122 Å². The molecule has 0 radical (unpaired) electrons. The molecule has 0 aromatic heterocycles. The fraction of sp³-hybridized carbons (Fsp3) is 0.657. The number of carbonyl (C=O) groups is 3. The average molecular weight is 1010 g/mol. The van der Waals surface area contributed by atoms with Gasteiger partial charge in [0.15, 0.2) is 6.10 Å². The van der Waals surface area contributed by atoms with E-state index in [1.165, 1.54) is 77.0 Å². The molecule has 0 bridgehead atoms. The van der Waals surface area contributed by atoms with Crippen LogP contribution in [0.1, 0.15) is 265 Å². The van der Waals surface area contributed by atoms with Gasteiger partial charge in [-0.25, -0.2) is 0 Å². The van der Waals surface area contributed by atoms with Crippen LogP contribution in [-0.4, -0.2) is 37.2 Å². The van der Waals surface area contributed by atoms with E-state index in [0.717, 1.165) is 148 Å². The highest BCUT2D eigenvalue weighted by Gasteiger charge is 2.19. The van der Waals surface area contributed by atoms with Crippen molar-refractivity contribution in [2.45, 2.75) is 271 Å². The molecule has 0 fully saturated rings. The first-order valence-corrected chi connectivity index (χ1v) is 30.0. The minimum absolute atomic E-state index is 0.0955. The van der Waals surface area contributed by atoms with Crippen LogP contribution in [0.2, 0.25) is 0 Å². The van der Waals surface area contributed by atoms with E-state index < -0.39 is 6.10 Å². The Kier molecular flexibility index (Phi) is 56.9. The first-order chi connectivity index (χ1) is 36.0. The van der Waals surface area contributed by atoms with Gasteiger partial charge in [-0.2, -0.15) is 0 Å². The minimum atomic E-state index is -0.800. The summed E-state index contributed by atoms with van der Waals surface area (Å²) in [6.07, 6.45) is 83.2. The smallest absolute Gasteiger partial charge is 0.306 e. The summed E-state index contributed by atoms with van der Waals surface area (Å²) in [5.41, 5.74) is 0. The van der Waals surface area contributed by atoms with Crippen LogP contribution in [0, 0.1) is 0 Å². The van der Waals surface area contributed by atoms with Crippen LogP contribution in [0.25, 0.3) is 0 Å². The molecule has 0 heterocycles. The third kappa shape index (κ3) is 58.6. The zero-order valence-corrected chi connectivity index (χ0v) is 47.4. The summed E-state index contributed by atoms with van der Waals surface area (Å²) in [5, 5.41) is 0. The normalized spacial score (nSPS) is 13.0. The lowest BCUT2D eigenvalue weighted by molar-refractivity contribution is -0.167. The number of carbonyl (C=O) groups excluding carboxylic acids is 3. The molecule has 0 rings (SSSR count). The molecule has 0 spiro atoms. The summed E-state index contributed by atoms with van der Waals surface area (Å²) < 4.78 is 16.9. The fourth-order valence-electron chi connectivity index (χ4n) is 7.98. The molecule has 0 aliphatic heterocycles. The van der Waals surface area contributed by atoms with E-state index in [1.807, 2.05) is 0 Å². The molecule has 0 aliphatic rings. The number of hydrogen-bond acceptors (Lipinski definition) is 6. The van der Waals surface area contributed by atoms with E-state index in [2.05, 4.69) is 142 Å². The molecule has 414 valence electrons. The van der Waals surface area contributed by atoms with Crippen molar-refractivity contribution < 1.29 is 28.6 Å². The van der Waals surface area contributed by atoms with Crippen LogP contribution in [0.15, 0.2) is 122 Å². The molecule has 0 saturated carbocycles. The van der Waals surface area contributed by atoms with E-state index in [9.17, 15) is 14.4 Å². The molecular weight excluding hydrogens is 901 g/mol. The Morgan fingerprint density at radius 3 is 0.836 bits per heavy atom. The molecule has 1 atom stereocenters. The molecular formula is C67H110O6. The SMILES string of the molecule is CC/C=C\C/C=C\C/C=C\C/C=C\CCCCCCCCC(=O)OCC(COC(=O)CCCCCCCCC/C=C\C/C=C\CCCCC)OC(=O)CCCCCCCC/C=C\C/C=C\C/C=C\C/C=C\CC. The second kappa shape index (κ2) is 60.4. The summed E-state index contributed by atoms with van der Waals surface area (Å²) in [6, 6.07) is 0. The molecule has 0 aromatic rings. The van der Waals surface area contributed by atoms with Gasteiger partial charge in [-0.3, -0.25) is 14.4 Å². The zero-order chi connectivity index (χ0) is 52.9. The first-order valence-electron chi connectivity index (χ1n) is 30.0. The lowest BCUT2D eigenvalue weighted by atomic mass is 10.1. The lowest BCUT2D eigenvalue weighted by Gasteiger charge is -2.18. The van der Waals surface area contributed by atoms with E-state index in [0.29, 0.717) is 19.3 Å². The number of allylic oxidation sites excluding steroid dienone is 20. The van der Waals surface area contributed by atoms with E-state index in [-0.39, 0.29) is 31.1 Å². The van der Waals surface area contributed by atoms with Crippen LogP contribution >= 0.6 is 0 Å². The quantitative estimate of drug-likeness (QED) is 0.0261. The number of esters is 3. The van der Waals surface area contributed by atoms with E-state index in [1.54, 1.807) is 0 Å². The van der Waals surface area contributed by atoms with Crippen molar-refractivity contribution in [3.8, 4) is 0 Å². The Morgan fingerprint density at radius 1 is 0.288 bits per heavy atom. The second-order valence-corrected chi connectivity index (χ2v) is 19.5. The third-order valence-electron chi connectivity index (χ3n) is 12.4. The predicted octanol–water partition coefficient (Wildman–Crippen LogP) is 20.4. The van der Waals surface area contributed by atoms with Gasteiger partial charge in [0.1, 0.15) is 13.2 Å². The molecule has 0 aliphatic carbocycles. The highest BCUT2D eigenvalue weighted by atomic mass is 16.6. The predicted molar refractivity (Wildman–Crippen MR) is 316 cm³/mol. The minimum Gasteiger partial charge on any atom is -0.462 e. The summed E-state index contributed by atoms with van der Waals surface area (Å²) >= 11 is 0. The van der Waals surface area contributed by atoms with Gasteiger partial charge in [-0.15, -0.1) is 0 Å². The first kappa shape index (κ1) is 68.8. The van der Waals surface area contributed by atoms with Crippen molar-refractivity contribution >= 4 is 17.9 Å². The molecule has 1 unspecified atom stereocenters. The Morgan fingerprint density at radius 2 is 0.534 bits per heavy atom. The fourth-order valence-corrected chi connectivity index (χ4v) is 7.98. The van der Waals surface area contributed by atoms with Gasteiger partial charge >= 0.3 is 17.9 Å². The average Bonchev–Trinajstić information content (AvgIpc) is 3.39. The van der Waals surface area contributed by atoms with Gasteiger partial charge in [-0.05, 0) is 128 Å². The van der Waals surface area contributed by atoms with Crippen LogP contribution in [-0.2, 0) is 28.6 Å². The lowest BCUT2D eigenvalue weighted by Crippen LogP contribution is -2.30. The summed E-state index contributed by atoms with van der Waals surface area (Å²) in [5.74, 6) is -0.929. The molecule has 6 nitrogen and oxygen atoms in total. The maximum Gasteiger partial charge on any atom is 0.306 e. The van der Waals surface area contributed by atoms with Crippen LogP contribution < -0.4 is 0 Å². The number of ether oxygens (including phenoxy) is 3. The topological polar surface area (TPSA) is 78.9 Å². The summed E-state index contributed by atoms with van der Waals surface area (Å²) in [7, 11) is 0. The van der Waals surface area contributed by atoms with Gasteiger partial charge in [0, 0.05) is 19.3 Å². The summed E-state index contributed by atoms with van der Waals surface area (Å²) in [6.45, 7) is 6.37. The van der Waals surface area contributed by atoms with Crippen molar-refractivity contribution in [2.24, 2.45) is 0 Å². The molecule has 0 N–H and O–H groups in total. The Hall–Kier alpha value is -4.19. The molecule has 0 saturated heterocycles. The Labute approximate surface area is 450 Å². The molecule has 73 heavy (non-hydrogen) atoms. The highest BCUT2D eigenvalue weighted by molar-refractivity contribution is 5.71. The van der Waals surface area contributed by atoms with Crippen molar-refractivity contribution in [1.29, 1.82) is 0 Å². The van der Waals surface area contributed by atoms with E-state index >= 15 is 0 Å². The van der Waals surface area contributed by atoms with Gasteiger partial charge in [0.05, 0.1) is 0 Å². The van der Waals surface area contributed by atoms with Gasteiger partial charge in [-0.1, -0.05) is 239 Å². The maximum absolute atomic E-state index is 12.9. The second-order valence-electron chi connectivity index (χ2n) is 19.5. The molecule has 6 heteroatoms. The van der Waals surface area contributed by atoms with Gasteiger partial charge in [0.25, 0.3) is 0 Å².